The summed E-state index contributed by atoms with van der Waals surface area (Å²) in [5.41, 5.74) is 0. The number of hydrogen-bond acceptors (Lipinski definition) is 3. The third-order valence-electron chi connectivity index (χ3n) is 1.55. The first-order valence-electron chi connectivity index (χ1n) is 3.91. The Morgan fingerprint density at radius 2 is 2.00 bits per heavy atom. The maximum atomic E-state index is 11.1. The highest BCUT2D eigenvalue weighted by molar-refractivity contribution is 7.96. The highest BCUT2D eigenvalue weighted by Gasteiger charge is 2.13. The highest BCUT2D eigenvalue weighted by Crippen LogP contribution is 2.06. The molecule has 0 aromatic carbocycles. The average molecular weight is 190 g/mol. The van der Waals surface area contributed by atoms with Gasteiger partial charge in [0, 0.05) is 0 Å². The van der Waals surface area contributed by atoms with Crippen LogP contribution in [0.15, 0.2) is 11.5 Å². The van der Waals surface area contributed by atoms with Crippen LogP contribution < -0.4 is 0 Å². The first-order valence-corrected chi connectivity index (χ1v) is 5.56. The average Bonchev–Trinajstić information content (AvgIpc) is 2.03. The molecule has 0 unspecified atom stereocenters. The molecule has 0 amide bonds. The van der Waals surface area contributed by atoms with E-state index in [2.05, 4.69) is 6.58 Å². The van der Waals surface area contributed by atoms with Crippen LogP contribution in [0.1, 0.15) is 26.2 Å². The number of carbonyl (C=O) groups excluding carboxylic acids is 1. The minimum Gasteiger partial charge on any atom is -0.297 e. The Labute approximate surface area is 73.4 Å². The van der Waals surface area contributed by atoms with E-state index in [0.717, 1.165) is 12.8 Å². The predicted octanol–water partition coefficient (Wildman–Crippen LogP) is 1.30. The normalized spacial score (nSPS) is 11.1. The Morgan fingerprint density at radius 3 is 2.42 bits per heavy atom. The van der Waals surface area contributed by atoms with Crippen LogP contribution in [0, 0.1) is 0 Å². The molecule has 0 aliphatic rings. The molecule has 0 aliphatic heterocycles. The van der Waals surface area contributed by atoms with E-state index in [4.69, 9.17) is 0 Å². The van der Waals surface area contributed by atoms with E-state index < -0.39 is 9.84 Å². The fraction of sp³-hybridized carbons (Fsp3) is 0.625. The molecule has 0 fully saturated rings. The summed E-state index contributed by atoms with van der Waals surface area (Å²) in [4.78, 5) is 9.80. The zero-order chi connectivity index (χ0) is 9.61. The van der Waals surface area contributed by atoms with Gasteiger partial charge >= 0.3 is 0 Å². The number of carbonyl (C=O) groups is 1. The molecule has 0 bridgehead atoms. The van der Waals surface area contributed by atoms with Crippen LogP contribution in [0.25, 0.3) is 0 Å². The summed E-state index contributed by atoms with van der Waals surface area (Å²) in [6, 6.07) is 0. The highest BCUT2D eigenvalue weighted by atomic mass is 32.2. The monoisotopic (exact) mass is 190 g/mol. The minimum atomic E-state index is -3.35. The van der Waals surface area contributed by atoms with Gasteiger partial charge in [-0.1, -0.05) is 26.3 Å². The summed E-state index contributed by atoms with van der Waals surface area (Å²) in [5.74, 6) is 0.0401. The lowest BCUT2D eigenvalue weighted by atomic mass is 10.3. The van der Waals surface area contributed by atoms with Crippen LogP contribution in [-0.2, 0) is 14.6 Å². The van der Waals surface area contributed by atoms with Crippen molar-refractivity contribution < 1.29 is 13.2 Å². The molecule has 0 atom stereocenters. The van der Waals surface area contributed by atoms with Crippen molar-refractivity contribution in [2.45, 2.75) is 26.2 Å². The lowest BCUT2D eigenvalue weighted by Gasteiger charge is -2.00. The number of hydrogen-bond donors (Lipinski definition) is 0. The van der Waals surface area contributed by atoms with Crippen LogP contribution in [0.3, 0.4) is 0 Å². The fourth-order valence-corrected chi connectivity index (χ4v) is 1.74. The molecule has 0 saturated heterocycles. The van der Waals surface area contributed by atoms with Gasteiger partial charge in [-0.05, 0) is 6.42 Å². The molecule has 3 nitrogen and oxygen atoms in total. The minimum absolute atomic E-state index is 0.0401. The topological polar surface area (TPSA) is 51.2 Å². The van der Waals surface area contributed by atoms with Gasteiger partial charge in [0.15, 0.2) is 16.1 Å². The Kier molecular flexibility index (Phi) is 4.81. The molecule has 0 N–H and O–H groups in total. The van der Waals surface area contributed by atoms with Crippen molar-refractivity contribution >= 4 is 16.1 Å². The summed E-state index contributed by atoms with van der Waals surface area (Å²) >= 11 is 0. The van der Waals surface area contributed by atoms with E-state index in [1.165, 1.54) is 0 Å². The maximum Gasteiger partial charge on any atom is 0.181 e. The van der Waals surface area contributed by atoms with Crippen molar-refractivity contribution in [1.29, 1.82) is 0 Å². The Hall–Kier alpha value is -0.640. The summed E-state index contributed by atoms with van der Waals surface area (Å²) in [5, 5.41) is 0. The number of unbranched alkanes of at least 4 members (excludes halogenated alkanes) is 2. The molecule has 0 aliphatic carbocycles. The van der Waals surface area contributed by atoms with E-state index >= 15 is 0 Å². The van der Waals surface area contributed by atoms with Crippen molar-refractivity contribution in [3.05, 3.63) is 11.5 Å². The van der Waals surface area contributed by atoms with E-state index in [9.17, 15) is 13.2 Å². The van der Waals surface area contributed by atoms with Crippen molar-refractivity contribution in [2.75, 3.05) is 5.75 Å². The van der Waals surface area contributed by atoms with Crippen molar-refractivity contribution in [1.82, 2.24) is 0 Å². The van der Waals surface area contributed by atoms with Crippen molar-refractivity contribution in [3.8, 4) is 0 Å². The first-order chi connectivity index (χ1) is 5.54. The molecule has 12 heavy (non-hydrogen) atoms. The number of aldehydes is 1. The van der Waals surface area contributed by atoms with Gasteiger partial charge in [0.2, 0.25) is 0 Å². The standard InChI is InChI=1S/C8H14O3S/c1-3-4-5-6-12(10,11)8(2)7-9/h7H,2-6H2,1H3. The molecule has 0 saturated carbocycles. The summed E-state index contributed by atoms with van der Waals surface area (Å²) < 4.78 is 22.2. The summed E-state index contributed by atoms with van der Waals surface area (Å²) in [6.07, 6.45) is 2.72. The lowest BCUT2D eigenvalue weighted by Crippen LogP contribution is -2.09. The Bertz CT molecular complexity index is 251. The molecule has 4 heteroatoms. The van der Waals surface area contributed by atoms with E-state index in [1.54, 1.807) is 0 Å². The third kappa shape index (κ3) is 3.67. The summed E-state index contributed by atoms with van der Waals surface area (Å²) in [6.45, 7) is 5.15. The summed E-state index contributed by atoms with van der Waals surface area (Å²) in [7, 11) is -3.35. The molecule has 0 rings (SSSR count). The zero-order valence-corrected chi connectivity index (χ0v) is 8.06. The van der Waals surface area contributed by atoms with Crippen molar-refractivity contribution in [3.63, 3.8) is 0 Å². The molecule has 0 radical (unpaired) electrons. The third-order valence-corrected chi connectivity index (χ3v) is 3.27. The first kappa shape index (κ1) is 11.4. The van der Waals surface area contributed by atoms with Crippen LogP contribution in [0.5, 0.6) is 0 Å². The fourth-order valence-electron chi connectivity index (χ4n) is 0.746. The largest absolute Gasteiger partial charge is 0.297 e. The van der Waals surface area contributed by atoms with Crippen molar-refractivity contribution in [2.24, 2.45) is 0 Å². The Balaban J connectivity index is 4.06. The van der Waals surface area contributed by atoms with Crippen LogP contribution >= 0.6 is 0 Å². The van der Waals surface area contributed by atoms with E-state index in [-0.39, 0.29) is 10.7 Å². The van der Waals surface area contributed by atoms with Gasteiger partial charge in [0.25, 0.3) is 0 Å². The molecule has 0 spiro atoms. The number of sulfone groups is 1. The molecular formula is C8H14O3S. The van der Waals surface area contributed by atoms with Gasteiger partial charge in [-0.25, -0.2) is 8.42 Å². The molecule has 0 aromatic heterocycles. The lowest BCUT2D eigenvalue weighted by molar-refractivity contribution is -0.104. The quantitative estimate of drug-likeness (QED) is 0.360. The second-order valence-corrected chi connectivity index (χ2v) is 4.77. The van der Waals surface area contributed by atoms with E-state index in [1.807, 2.05) is 6.92 Å². The van der Waals surface area contributed by atoms with Gasteiger partial charge in [-0.3, -0.25) is 4.79 Å². The van der Waals surface area contributed by atoms with Gasteiger partial charge < -0.3 is 0 Å². The maximum absolute atomic E-state index is 11.1. The number of allylic oxidation sites excluding steroid dienone is 1. The SMILES string of the molecule is C=C(C=O)S(=O)(=O)CCCCC. The van der Waals surface area contributed by atoms with Gasteiger partial charge in [-0.15, -0.1) is 0 Å². The molecule has 70 valence electrons. The second-order valence-electron chi connectivity index (χ2n) is 2.61. The zero-order valence-electron chi connectivity index (χ0n) is 7.25. The van der Waals surface area contributed by atoms with Crippen LogP contribution in [0.2, 0.25) is 0 Å². The number of rotatable bonds is 6. The van der Waals surface area contributed by atoms with Crippen LogP contribution in [-0.4, -0.2) is 20.5 Å². The van der Waals surface area contributed by atoms with Gasteiger partial charge in [-0.2, -0.15) is 0 Å². The Morgan fingerprint density at radius 1 is 1.42 bits per heavy atom. The van der Waals surface area contributed by atoms with Crippen LogP contribution in [0.4, 0.5) is 0 Å². The predicted molar refractivity (Wildman–Crippen MR) is 48.5 cm³/mol. The van der Waals surface area contributed by atoms with Gasteiger partial charge in [0.1, 0.15) is 0 Å². The van der Waals surface area contributed by atoms with Gasteiger partial charge in [0.05, 0.1) is 10.7 Å². The molecular weight excluding hydrogens is 176 g/mol. The molecule has 0 aromatic rings. The second kappa shape index (κ2) is 5.09. The van der Waals surface area contributed by atoms with E-state index in [0.29, 0.717) is 12.7 Å². The smallest absolute Gasteiger partial charge is 0.181 e. The molecule has 0 heterocycles.